The summed E-state index contributed by atoms with van der Waals surface area (Å²) in [6, 6.07) is 1.94. The molecule has 1 aliphatic heterocycles. The fourth-order valence-corrected chi connectivity index (χ4v) is 3.22. The minimum absolute atomic E-state index is 0.0683. The van der Waals surface area contributed by atoms with Crippen molar-refractivity contribution >= 4 is 27.8 Å². The molecule has 0 amide bonds. The first-order valence-corrected chi connectivity index (χ1v) is 6.54. The number of nitrogens with two attached hydrogens (primary N) is 1. The molecule has 1 aliphatic rings. The van der Waals surface area contributed by atoms with E-state index >= 15 is 0 Å². The molecule has 1 aromatic rings. The molecule has 16 heavy (non-hydrogen) atoms. The second kappa shape index (κ2) is 4.45. The third kappa shape index (κ3) is 2.21. The van der Waals surface area contributed by atoms with Crippen LogP contribution in [0.15, 0.2) is 6.07 Å². The van der Waals surface area contributed by atoms with Gasteiger partial charge in [-0.25, -0.2) is 0 Å². The van der Waals surface area contributed by atoms with Crippen molar-refractivity contribution in [2.75, 3.05) is 23.7 Å². The molecule has 2 rings (SSSR count). The van der Waals surface area contributed by atoms with E-state index in [2.05, 4.69) is 11.8 Å². The Morgan fingerprint density at radius 1 is 1.62 bits per heavy atom. The zero-order valence-electron chi connectivity index (χ0n) is 9.82. The number of anilines is 2. The number of hydrogen-bond donors (Lipinski definition) is 1. The van der Waals surface area contributed by atoms with Crippen LogP contribution in [0.4, 0.5) is 10.7 Å². The molecule has 0 saturated carbocycles. The SMILES string of the molecule is CC(=O)c1sc(N2CCCC(C)C2)cc1N. The molecule has 1 atom stereocenters. The second-order valence-electron chi connectivity index (χ2n) is 4.62. The number of nitrogens with zero attached hydrogens (tertiary/aromatic N) is 1. The topological polar surface area (TPSA) is 46.3 Å². The van der Waals surface area contributed by atoms with E-state index in [0.29, 0.717) is 10.6 Å². The summed E-state index contributed by atoms with van der Waals surface area (Å²) in [5, 5.41) is 1.15. The van der Waals surface area contributed by atoms with E-state index in [0.717, 1.165) is 24.0 Å². The number of hydrogen-bond acceptors (Lipinski definition) is 4. The molecule has 0 aliphatic carbocycles. The van der Waals surface area contributed by atoms with Crippen LogP contribution in [0, 0.1) is 5.92 Å². The number of ketones is 1. The van der Waals surface area contributed by atoms with Crippen LogP contribution in [0.1, 0.15) is 36.4 Å². The maximum absolute atomic E-state index is 11.3. The van der Waals surface area contributed by atoms with Crippen LogP contribution in [-0.4, -0.2) is 18.9 Å². The van der Waals surface area contributed by atoms with Crippen molar-refractivity contribution in [2.24, 2.45) is 5.92 Å². The smallest absolute Gasteiger partial charge is 0.171 e. The Morgan fingerprint density at radius 3 is 2.94 bits per heavy atom. The third-order valence-electron chi connectivity index (χ3n) is 3.04. The lowest BCUT2D eigenvalue weighted by molar-refractivity contribution is 0.102. The standard InChI is InChI=1S/C12H18N2OS/c1-8-4-3-5-14(7-8)11-6-10(13)12(16-11)9(2)15/h6,8H,3-5,7,13H2,1-2H3. The van der Waals surface area contributed by atoms with Gasteiger partial charge in [0.25, 0.3) is 0 Å². The van der Waals surface area contributed by atoms with Crippen molar-refractivity contribution < 1.29 is 4.79 Å². The first kappa shape index (κ1) is 11.5. The quantitative estimate of drug-likeness (QED) is 0.806. The predicted octanol–water partition coefficient (Wildman–Crippen LogP) is 2.77. The number of rotatable bonds is 2. The van der Waals surface area contributed by atoms with Gasteiger partial charge in [-0.05, 0) is 24.8 Å². The van der Waals surface area contributed by atoms with Gasteiger partial charge in [-0.1, -0.05) is 6.92 Å². The van der Waals surface area contributed by atoms with Crippen LogP contribution in [0.3, 0.4) is 0 Å². The van der Waals surface area contributed by atoms with Gasteiger partial charge in [0.15, 0.2) is 5.78 Å². The molecule has 2 heterocycles. The number of nitrogen functional groups attached to an aromatic ring is 1. The van der Waals surface area contributed by atoms with E-state index < -0.39 is 0 Å². The Labute approximate surface area is 100 Å². The van der Waals surface area contributed by atoms with Crippen molar-refractivity contribution in [3.05, 3.63) is 10.9 Å². The lowest BCUT2D eigenvalue weighted by Crippen LogP contribution is -2.33. The fourth-order valence-electron chi connectivity index (χ4n) is 2.21. The average Bonchev–Trinajstić information content (AvgIpc) is 2.60. The van der Waals surface area contributed by atoms with Gasteiger partial charge in [0.1, 0.15) is 0 Å². The lowest BCUT2D eigenvalue weighted by Gasteiger charge is -2.31. The first-order chi connectivity index (χ1) is 7.58. The van der Waals surface area contributed by atoms with Crippen LogP contribution in [0.2, 0.25) is 0 Å². The van der Waals surface area contributed by atoms with E-state index in [9.17, 15) is 4.79 Å². The number of carbonyl (C=O) groups excluding carboxylic acids is 1. The van der Waals surface area contributed by atoms with E-state index in [4.69, 9.17) is 5.73 Å². The molecule has 1 saturated heterocycles. The Kier molecular flexibility index (Phi) is 3.19. The summed E-state index contributed by atoms with van der Waals surface area (Å²) in [6.07, 6.45) is 2.53. The minimum atomic E-state index is 0.0683. The van der Waals surface area contributed by atoms with Crippen LogP contribution in [0.5, 0.6) is 0 Å². The van der Waals surface area contributed by atoms with Crippen molar-refractivity contribution in [1.29, 1.82) is 0 Å². The van der Waals surface area contributed by atoms with Gasteiger partial charge in [-0.2, -0.15) is 0 Å². The van der Waals surface area contributed by atoms with Crippen LogP contribution in [0.25, 0.3) is 0 Å². The molecule has 3 nitrogen and oxygen atoms in total. The highest BCUT2D eigenvalue weighted by Gasteiger charge is 2.20. The highest BCUT2D eigenvalue weighted by Crippen LogP contribution is 2.34. The van der Waals surface area contributed by atoms with Crippen molar-refractivity contribution in [1.82, 2.24) is 0 Å². The Bertz CT molecular complexity index is 400. The molecule has 88 valence electrons. The van der Waals surface area contributed by atoms with E-state index in [1.807, 2.05) is 6.07 Å². The molecular formula is C12H18N2OS. The summed E-state index contributed by atoms with van der Waals surface area (Å²) in [6.45, 7) is 6.01. The molecule has 0 aromatic carbocycles. The Morgan fingerprint density at radius 2 is 2.38 bits per heavy atom. The van der Waals surface area contributed by atoms with Crippen molar-refractivity contribution in [2.45, 2.75) is 26.7 Å². The molecule has 0 spiro atoms. The average molecular weight is 238 g/mol. The summed E-state index contributed by atoms with van der Waals surface area (Å²) in [7, 11) is 0. The van der Waals surface area contributed by atoms with Gasteiger partial charge in [0, 0.05) is 20.0 Å². The van der Waals surface area contributed by atoms with E-state index in [1.165, 1.54) is 24.2 Å². The maximum atomic E-state index is 11.3. The molecule has 0 radical (unpaired) electrons. The molecule has 1 unspecified atom stereocenters. The van der Waals surface area contributed by atoms with Crippen molar-refractivity contribution in [3.8, 4) is 0 Å². The molecule has 0 bridgehead atoms. The second-order valence-corrected chi connectivity index (χ2v) is 5.65. The van der Waals surface area contributed by atoms with Gasteiger partial charge >= 0.3 is 0 Å². The van der Waals surface area contributed by atoms with Gasteiger partial charge in [-0.15, -0.1) is 11.3 Å². The highest BCUT2D eigenvalue weighted by molar-refractivity contribution is 7.18. The highest BCUT2D eigenvalue weighted by atomic mass is 32.1. The number of thiophene rings is 1. The zero-order valence-corrected chi connectivity index (χ0v) is 10.6. The monoisotopic (exact) mass is 238 g/mol. The fraction of sp³-hybridized carbons (Fsp3) is 0.583. The Hall–Kier alpha value is -1.03. The molecule has 4 heteroatoms. The minimum Gasteiger partial charge on any atom is -0.397 e. The van der Waals surface area contributed by atoms with Gasteiger partial charge < -0.3 is 10.6 Å². The largest absolute Gasteiger partial charge is 0.397 e. The van der Waals surface area contributed by atoms with Crippen LogP contribution >= 0.6 is 11.3 Å². The van der Waals surface area contributed by atoms with Gasteiger partial charge in [0.05, 0.1) is 15.6 Å². The Balaban J connectivity index is 2.20. The number of Topliss-reactive ketones (excluding diaryl/α,β-unsaturated/α-hetero) is 1. The normalized spacial score (nSPS) is 21.1. The number of carbonyl (C=O) groups is 1. The number of piperidine rings is 1. The summed E-state index contributed by atoms with van der Waals surface area (Å²) >= 11 is 1.53. The van der Waals surface area contributed by atoms with E-state index in [1.54, 1.807) is 6.92 Å². The van der Waals surface area contributed by atoms with Crippen LogP contribution in [-0.2, 0) is 0 Å². The zero-order chi connectivity index (χ0) is 11.7. The molecule has 1 aromatic heterocycles. The summed E-state index contributed by atoms with van der Waals surface area (Å²) < 4.78 is 0. The van der Waals surface area contributed by atoms with Crippen molar-refractivity contribution in [3.63, 3.8) is 0 Å². The van der Waals surface area contributed by atoms with Gasteiger partial charge in [0.2, 0.25) is 0 Å². The predicted molar refractivity (Wildman–Crippen MR) is 69.3 cm³/mol. The third-order valence-corrected chi connectivity index (χ3v) is 4.35. The molecule has 1 fully saturated rings. The molecular weight excluding hydrogens is 220 g/mol. The van der Waals surface area contributed by atoms with E-state index in [-0.39, 0.29) is 5.78 Å². The van der Waals surface area contributed by atoms with Crippen LogP contribution < -0.4 is 10.6 Å². The lowest BCUT2D eigenvalue weighted by atomic mass is 10.0. The summed E-state index contributed by atoms with van der Waals surface area (Å²) in [5.74, 6) is 0.802. The summed E-state index contributed by atoms with van der Waals surface area (Å²) in [4.78, 5) is 14.4. The first-order valence-electron chi connectivity index (χ1n) is 5.73. The molecule has 2 N–H and O–H groups in total. The maximum Gasteiger partial charge on any atom is 0.171 e. The van der Waals surface area contributed by atoms with Gasteiger partial charge in [-0.3, -0.25) is 4.79 Å². The summed E-state index contributed by atoms with van der Waals surface area (Å²) in [5.41, 5.74) is 6.48.